The molecule has 0 unspecified atom stereocenters. The lowest BCUT2D eigenvalue weighted by atomic mass is 10.1. The van der Waals surface area contributed by atoms with Crippen LogP contribution in [0.25, 0.3) is 0 Å². The molecule has 3 aromatic rings. The Labute approximate surface area is 186 Å². The van der Waals surface area contributed by atoms with Gasteiger partial charge < -0.3 is 10.1 Å². The largest absolute Gasteiger partial charge is 0.483 e. The predicted molar refractivity (Wildman–Crippen MR) is 123 cm³/mol. The molecule has 0 spiro atoms. The minimum absolute atomic E-state index is 0.228. The normalized spacial score (nSPS) is 10.2. The number of hydrogen-bond donors (Lipinski definition) is 3. The van der Waals surface area contributed by atoms with Crippen LogP contribution < -0.4 is 20.9 Å². The summed E-state index contributed by atoms with van der Waals surface area (Å²) in [5.74, 6) is -0.584. The van der Waals surface area contributed by atoms with E-state index in [-0.39, 0.29) is 12.5 Å². The highest BCUT2D eigenvalue weighted by molar-refractivity contribution is 6.04. The third kappa shape index (κ3) is 6.18. The fraction of sp³-hybridized carbons (Fsp3) is 0.160. The Morgan fingerprint density at radius 2 is 1.47 bits per heavy atom. The van der Waals surface area contributed by atoms with Crippen LogP contribution in [0, 0.1) is 20.8 Å². The summed E-state index contributed by atoms with van der Waals surface area (Å²) in [5.41, 5.74) is 9.05. The number of carbonyl (C=O) groups excluding carboxylic acids is 3. The van der Waals surface area contributed by atoms with Crippen molar-refractivity contribution in [3.63, 3.8) is 0 Å². The van der Waals surface area contributed by atoms with Crippen LogP contribution in [0.2, 0.25) is 0 Å². The smallest absolute Gasteiger partial charge is 0.276 e. The molecule has 0 aromatic heterocycles. The van der Waals surface area contributed by atoms with E-state index in [9.17, 15) is 14.4 Å². The third-order valence-electron chi connectivity index (χ3n) is 4.70. The quantitative estimate of drug-likeness (QED) is 0.519. The SMILES string of the molecule is Cc1cccc(C(=O)Nc2ccc(C(=O)NNC(=O)COc3cc(C)ccc3C)cc2)c1. The van der Waals surface area contributed by atoms with Crippen molar-refractivity contribution in [2.45, 2.75) is 20.8 Å². The van der Waals surface area contributed by atoms with E-state index in [1.165, 1.54) is 0 Å². The molecular weight excluding hydrogens is 406 g/mol. The van der Waals surface area contributed by atoms with E-state index in [0.29, 0.717) is 22.6 Å². The first kappa shape index (κ1) is 22.6. The van der Waals surface area contributed by atoms with E-state index in [0.717, 1.165) is 16.7 Å². The van der Waals surface area contributed by atoms with Crippen molar-refractivity contribution in [2.24, 2.45) is 0 Å². The minimum Gasteiger partial charge on any atom is -0.483 e. The van der Waals surface area contributed by atoms with Crippen molar-refractivity contribution in [3.8, 4) is 5.75 Å². The molecule has 0 aliphatic rings. The van der Waals surface area contributed by atoms with Crippen molar-refractivity contribution in [1.82, 2.24) is 10.9 Å². The van der Waals surface area contributed by atoms with Crippen LogP contribution in [0.5, 0.6) is 5.75 Å². The van der Waals surface area contributed by atoms with Gasteiger partial charge in [-0.2, -0.15) is 0 Å². The summed E-state index contributed by atoms with van der Waals surface area (Å²) in [6.45, 7) is 5.51. The summed E-state index contributed by atoms with van der Waals surface area (Å²) in [7, 11) is 0. The summed E-state index contributed by atoms with van der Waals surface area (Å²) >= 11 is 0. The van der Waals surface area contributed by atoms with Crippen LogP contribution in [0.1, 0.15) is 37.4 Å². The van der Waals surface area contributed by atoms with Gasteiger partial charge in [-0.1, -0.05) is 29.8 Å². The van der Waals surface area contributed by atoms with Gasteiger partial charge >= 0.3 is 0 Å². The number of anilines is 1. The number of carbonyl (C=O) groups is 3. The first-order valence-corrected chi connectivity index (χ1v) is 10.1. The molecule has 3 amide bonds. The first-order valence-electron chi connectivity index (χ1n) is 10.1. The van der Waals surface area contributed by atoms with E-state index >= 15 is 0 Å². The van der Waals surface area contributed by atoms with Gasteiger partial charge in [0.15, 0.2) is 6.61 Å². The first-order chi connectivity index (χ1) is 15.3. The standard InChI is InChI=1S/C25H25N3O4/c1-16-5-4-6-20(13-16)24(30)26-21-11-9-19(10-12-21)25(31)28-27-23(29)15-32-22-14-17(2)7-8-18(22)3/h4-14H,15H2,1-3H3,(H,26,30)(H,27,29)(H,28,31). The zero-order valence-corrected chi connectivity index (χ0v) is 18.2. The molecule has 164 valence electrons. The van der Waals surface area contributed by atoms with Crippen molar-refractivity contribution in [1.29, 1.82) is 0 Å². The molecule has 0 fully saturated rings. The van der Waals surface area contributed by atoms with E-state index < -0.39 is 11.8 Å². The molecule has 7 nitrogen and oxygen atoms in total. The maximum absolute atomic E-state index is 12.3. The summed E-state index contributed by atoms with van der Waals surface area (Å²) in [6, 6.07) is 19.3. The highest BCUT2D eigenvalue weighted by atomic mass is 16.5. The molecule has 3 aromatic carbocycles. The Balaban J connectivity index is 1.48. The molecule has 0 atom stereocenters. The molecule has 0 radical (unpaired) electrons. The molecule has 0 saturated carbocycles. The van der Waals surface area contributed by atoms with Gasteiger partial charge in [-0.3, -0.25) is 25.2 Å². The molecule has 0 bridgehead atoms. The molecule has 7 heteroatoms. The number of amides is 3. The second-order valence-electron chi connectivity index (χ2n) is 7.46. The molecular formula is C25H25N3O4. The van der Waals surface area contributed by atoms with Crippen LogP contribution in [-0.2, 0) is 4.79 Å². The van der Waals surface area contributed by atoms with E-state index in [4.69, 9.17) is 4.74 Å². The fourth-order valence-corrected chi connectivity index (χ4v) is 2.94. The molecule has 0 aliphatic carbocycles. The maximum atomic E-state index is 12.3. The summed E-state index contributed by atoms with van der Waals surface area (Å²) in [4.78, 5) is 36.6. The molecule has 0 saturated heterocycles. The Morgan fingerprint density at radius 3 is 2.19 bits per heavy atom. The number of rotatable bonds is 6. The minimum atomic E-state index is -0.485. The Kier molecular flexibility index (Phi) is 7.23. The van der Waals surface area contributed by atoms with Crippen molar-refractivity contribution in [2.75, 3.05) is 11.9 Å². The highest BCUT2D eigenvalue weighted by Gasteiger charge is 2.10. The average Bonchev–Trinajstić information content (AvgIpc) is 2.78. The van der Waals surface area contributed by atoms with Crippen LogP contribution in [0.4, 0.5) is 5.69 Å². The number of ether oxygens (including phenoxy) is 1. The molecule has 0 heterocycles. The Hall–Kier alpha value is -4.13. The van der Waals surface area contributed by atoms with E-state index in [2.05, 4.69) is 16.2 Å². The van der Waals surface area contributed by atoms with Crippen LogP contribution in [0.3, 0.4) is 0 Å². The zero-order chi connectivity index (χ0) is 23.1. The Bertz CT molecular complexity index is 1140. The van der Waals surface area contributed by atoms with Gasteiger partial charge in [0.2, 0.25) is 0 Å². The lowest BCUT2D eigenvalue weighted by Gasteiger charge is -2.11. The van der Waals surface area contributed by atoms with Gasteiger partial charge in [-0.15, -0.1) is 0 Å². The van der Waals surface area contributed by atoms with Crippen molar-refractivity contribution >= 4 is 23.4 Å². The third-order valence-corrected chi connectivity index (χ3v) is 4.70. The highest BCUT2D eigenvalue weighted by Crippen LogP contribution is 2.18. The summed E-state index contributed by atoms with van der Waals surface area (Å²) in [6.07, 6.45) is 0. The predicted octanol–water partition coefficient (Wildman–Crippen LogP) is 3.70. The second-order valence-corrected chi connectivity index (χ2v) is 7.46. The average molecular weight is 431 g/mol. The van der Waals surface area contributed by atoms with Gasteiger partial charge in [0, 0.05) is 16.8 Å². The molecule has 3 N–H and O–H groups in total. The maximum Gasteiger partial charge on any atom is 0.276 e. The number of aryl methyl sites for hydroxylation is 3. The van der Waals surface area contributed by atoms with Crippen LogP contribution in [0.15, 0.2) is 66.7 Å². The molecule has 32 heavy (non-hydrogen) atoms. The van der Waals surface area contributed by atoms with E-state index in [1.807, 2.05) is 51.1 Å². The number of hydrogen-bond acceptors (Lipinski definition) is 4. The van der Waals surface area contributed by atoms with Gasteiger partial charge in [0.1, 0.15) is 5.75 Å². The fourth-order valence-electron chi connectivity index (χ4n) is 2.94. The van der Waals surface area contributed by atoms with E-state index in [1.54, 1.807) is 36.4 Å². The van der Waals surface area contributed by atoms with Gasteiger partial charge in [-0.25, -0.2) is 0 Å². The van der Waals surface area contributed by atoms with Crippen molar-refractivity contribution in [3.05, 3.63) is 94.5 Å². The van der Waals surface area contributed by atoms with Gasteiger partial charge in [0.05, 0.1) is 0 Å². The Morgan fingerprint density at radius 1 is 0.750 bits per heavy atom. The monoisotopic (exact) mass is 431 g/mol. The van der Waals surface area contributed by atoms with Crippen LogP contribution >= 0.6 is 0 Å². The van der Waals surface area contributed by atoms with Crippen LogP contribution in [-0.4, -0.2) is 24.3 Å². The summed E-state index contributed by atoms with van der Waals surface area (Å²) < 4.78 is 5.51. The molecule has 3 rings (SSSR count). The number of benzene rings is 3. The van der Waals surface area contributed by atoms with Gasteiger partial charge in [0.25, 0.3) is 17.7 Å². The lowest BCUT2D eigenvalue weighted by Crippen LogP contribution is -2.43. The summed E-state index contributed by atoms with van der Waals surface area (Å²) in [5, 5.41) is 2.79. The molecule has 0 aliphatic heterocycles. The number of nitrogens with one attached hydrogen (secondary N) is 3. The zero-order valence-electron chi connectivity index (χ0n) is 18.2. The second kappa shape index (κ2) is 10.3. The lowest BCUT2D eigenvalue weighted by molar-refractivity contribution is -0.123. The van der Waals surface area contributed by atoms with Gasteiger partial charge in [-0.05, 0) is 74.4 Å². The number of hydrazine groups is 1. The topological polar surface area (TPSA) is 96.5 Å². The van der Waals surface area contributed by atoms with Crippen molar-refractivity contribution < 1.29 is 19.1 Å².